The number of nitrogens with one attached hydrogen (secondary N) is 1. The van der Waals surface area contributed by atoms with Gasteiger partial charge in [-0.15, -0.1) is 0 Å². The molecular formula is C13H13BrN2O2S. The Morgan fingerprint density at radius 1 is 1.11 bits per heavy atom. The Bertz CT molecular complexity index is 697. The number of hydrogen-bond acceptors (Lipinski definition) is 3. The van der Waals surface area contributed by atoms with E-state index in [1.807, 2.05) is 6.92 Å². The van der Waals surface area contributed by atoms with Crippen molar-refractivity contribution in [1.82, 2.24) is 0 Å². The predicted octanol–water partition coefficient (Wildman–Crippen LogP) is 3.14. The maximum atomic E-state index is 12.2. The van der Waals surface area contributed by atoms with Gasteiger partial charge in [-0.2, -0.15) is 0 Å². The van der Waals surface area contributed by atoms with Gasteiger partial charge in [-0.25, -0.2) is 8.42 Å². The van der Waals surface area contributed by atoms with Crippen molar-refractivity contribution >= 4 is 37.3 Å². The zero-order valence-corrected chi connectivity index (χ0v) is 12.6. The first-order valence-corrected chi connectivity index (χ1v) is 7.80. The fraction of sp³-hybridized carbons (Fsp3) is 0.0769. The topological polar surface area (TPSA) is 72.2 Å². The quantitative estimate of drug-likeness (QED) is 0.843. The Balaban J connectivity index is 2.35. The lowest BCUT2D eigenvalue weighted by Crippen LogP contribution is -2.13. The number of aryl methyl sites for hydroxylation is 1. The number of nitrogen functional groups attached to an aromatic ring is 1. The molecule has 19 heavy (non-hydrogen) atoms. The minimum absolute atomic E-state index is 0.204. The SMILES string of the molecule is Cc1ccc(S(=O)(=O)Nc2ccc(N)cc2)c(Br)c1. The molecule has 2 aromatic rings. The lowest BCUT2D eigenvalue weighted by Gasteiger charge is -2.10. The largest absolute Gasteiger partial charge is 0.399 e. The number of rotatable bonds is 3. The molecule has 0 saturated carbocycles. The van der Waals surface area contributed by atoms with Crippen LogP contribution in [0.4, 0.5) is 11.4 Å². The second kappa shape index (κ2) is 5.22. The van der Waals surface area contributed by atoms with E-state index in [0.29, 0.717) is 15.8 Å². The Morgan fingerprint density at radius 3 is 2.32 bits per heavy atom. The molecule has 0 heterocycles. The molecular weight excluding hydrogens is 328 g/mol. The summed E-state index contributed by atoms with van der Waals surface area (Å²) in [6, 6.07) is 11.6. The predicted molar refractivity (Wildman–Crippen MR) is 80.5 cm³/mol. The average Bonchev–Trinajstić information content (AvgIpc) is 2.31. The summed E-state index contributed by atoms with van der Waals surface area (Å²) < 4.78 is 27.5. The van der Waals surface area contributed by atoms with Crippen molar-refractivity contribution in [2.75, 3.05) is 10.5 Å². The van der Waals surface area contributed by atoms with Crippen LogP contribution in [0, 0.1) is 6.92 Å². The highest BCUT2D eigenvalue weighted by atomic mass is 79.9. The highest BCUT2D eigenvalue weighted by molar-refractivity contribution is 9.10. The van der Waals surface area contributed by atoms with E-state index in [1.54, 1.807) is 42.5 Å². The first-order chi connectivity index (χ1) is 8.88. The van der Waals surface area contributed by atoms with Crippen LogP contribution in [0.5, 0.6) is 0 Å². The van der Waals surface area contributed by atoms with E-state index < -0.39 is 10.0 Å². The number of hydrogen-bond donors (Lipinski definition) is 2. The summed E-state index contributed by atoms with van der Waals surface area (Å²) in [6.07, 6.45) is 0. The molecule has 0 radical (unpaired) electrons. The van der Waals surface area contributed by atoms with Crippen LogP contribution in [0.3, 0.4) is 0 Å². The molecule has 0 unspecified atom stereocenters. The van der Waals surface area contributed by atoms with Crippen LogP contribution in [0.1, 0.15) is 5.56 Å². The molecule has 0 atom stereocenters. The average molecular weight is 341 g/mol. The van der Waals surface area contributed by atoms with Crippen LogP contribution in [0.25, 0.3) is 0 Å². The van der Waals surface area contributed by atoms with Crippen LogP contribution in [-0.4, -0.2) is 8.42 Å². The van der Waals surface area contributed by atoms with Gasteiger partial charge in [0, 0.05) is 15.8 Å². The molecule has 0 bridgehead atoms. The molecule has 6 heteroatoms. The third kappa shape index (κ3) is 3.27. The third-order valence-corrected chi connectivity index (χ3v) is 4.90. The molecule has 3 N–H and O–H groups in total. The molecule has 0 aliphatic heterocycles. The van der Waals surface area contributed by atoms with Gasteiger partial charge in [0.05, 0.1) is 0 Å². The molecule has 0 aliphatic carbocycles. The van der Waals surface area contributed by atoms with Gasteiger partial charge in [0.1, 0.15) is 4.90 Å². The summed E-state index contributed by atoms with van der Waals surface area (Å²) in [6.45, 7) is 1.90. The number of nitrogens with two attached hydrogens (primary N) is 1. The van der Waals surface area contributed by atoms with Crippen molar-refractivity contribution < 1.29 is 8.42 Å². The summed E-state index contributed by atoms with van der Waals surface area (Å²) in [5.41, 5.74) is 7.60. The molecule has 4 nitrogen and oxygen atoms in total. The summed E-state index contributed by atoms with van der Waals surface area (Å²) in [7, 11) is -3.61. The van der Waals surface area contributed by atoms with E-state index in [4.69, 9.17) is 5.73 Å². The number of halogens is 1. The van der Waals surface area contributed by atoms with E-state index >= 15 is 0 Å². The zero-order valence-electron chi connectivity index (χ0n) is 10.2. The Labute approximate surface area is 120 Å². The van der Waals surface area contributed by atoms with E-state index in [9.17, 15) is 8.42 Å². The lowest BCUT2D eigenvalue weighted by atomic mass is 10.2. The molecule has 0 amide bonds. The van der Waals surface area contributed by atoms with Crippen molar-refractivity contribution in [2.24, 2.45) is 0 Å². The molecule has 2 aromatic carbocycles. The fourth-order valence-electron chi connectivity index (χ4n) is 1.59. The molecule has 0 aliphatic rings. The molecule has 0 saturated heterocycles. The van der Waals surface area contributed by atoms with E-state index in [-0.39, 0.29) is 4.90 Å². The Morgan fingerprint density at radius 2 is 1.74 bits per heavy atom. The monoisotopic (exact) mass is 340 g/mol. The van der Waals surface area contributed by atoms with Crippen LogP contribution in [-0.2, 0) is 10.0 Å². The normalized spacial score (nSPS) is 11.3. The maximum Gasteiger partial charge on any atom is 0.263 e. The van der Waals surface area contributed by atoms with Crippen LogP contribution in [0.2, 0.25) is 0 Å². The lowest BCUT2D eigenvalue weighted by molar-refractivity contribution is 0.600. The summed E-state index contributed by atoms with van der Waals surface area (Å²) in [5.74, 6) is 0. The maximum absolute atomic E-state index is 12.2. The van der Waals surface area contributed by atoms with Crippen LogP contribution in [0.15, 0.2) is 51.8 Å². The van der Waals surface area contributed by atoms with E-state index in [1.165, 1.54) is 0 Å². The number of benzene rings is 2. The van der Waals surface area contributed by atoms with Gasteiger partial charge < -0.3 is 5.73 Å². The summed E-state index contributed by atoms with van der Waals surface area (Å²) in [4.78, 5) is 0.204. The molecule has 2 rings (SSSR count). The van der Waals surface area contributed by atoms with Crippen molar-refractivity contribution in [1.29, 1.82) is 0 Å². The Hall–Kier alpha value is -1.53. The van der Waals surface area contributed by atoms with Gasteiger partial charge in [0.25, 0.3) is 10.0 Å². The molecule has 0 spiro atoms. The first kappa shape index (κ1) is 13.9. The molecule has 0 aromatic heterocycles. The first-order valence-electron chi connectivity index (χ1n) is 5.53. The van der Waals surface area contributed by atoms with Gasteiger partial charge in [-0.1, -0.05) is 6.07 Å². The second-order valence-electron chi connectivity index (χ2n) is 4.16. The third-order valence-electron chi connectivity index (χ3n) is 2.54. The van der Waals surface area contributed by atoms with Crippen LogP contribution < -0.4 is 10.5 Å². The fourth-order valence-corrected chi connectivity index (χ4v) is 3.84. The minimum Gasteiger partial charge on any atom is -0.399 e. The van der Waals surface area contributed by atoms with Crippen molar-refractivity contribution in [2.45, 2.75) is 11.8 Å². The van der Waals surface area contributed by atoms with E-state index in [2.05, 4.69) is 20.7 Å². The smallest absolute Gasteiger partial charge is 0.263 e. The van der Waals surface area contributed by atoms with Gasteiger partial charge in [0.2, 0.25) is 0 Å². The standard InChI is InChI=1S/C13H13BrN2O2S/c1-9-2-7-13(12(14)8-9)19(17,18)16-11-5-3-10(15)4-6-11/h2-8,16H,15H2,1H3. The number of sulfonamides is 1. The molecule has 0 fully saturated rings. The van der Waals surface area contributed by atoms with Gasteiger partial charge >= 0.3 is 0 Å². The zero-order chi connectivity index (χ0) is 14.0. The second-order valence-corrected chi connectivity index (χ2v) is 6.67. The van der Waals surface area contributed by atoms with Gasteiger partial charge in [0.15, 0.2) is 0 Å². The molecule has 100 valence electrons. The van der Waals surface area contributed by atoms with Crippen LogP contribution >= 0.6 is 15.9 Å². The summed E-state index contributed by atoms with van der Waals surface area (Å²) in [5, 5.41) is 0. The Kier molecular flexibility index (Phi) is 3.82. The minimum atomic E-state index is -3.61. The number of anilines is 2. The summed E-state index contributed by atoms with van der Waals surface area (Å²) >= 11 is 3.27. The van der Waals surface area contributed by atoms with Gasteiger partial charge in [-0.3, -0.25) is 4.72 Å². The van der Waals surface area contributed by atoms with Crippen molar-refractivity contribution in [3.05, 3.63) is 52.5 Å². The highest BCUT2D eigenvalue weighted by Crippen LogP contribution is 2.25. The van der Waals surface area contributed by atoms with Crippen molar-refractivity contribution in [3.63, 3.8) is 0 Å². The highest BCUT2D eigenvalue weighted by Gasteiger charge is 2.17. The van der Waals surface area contributed by atoms with Crippen molar-refractivity contribution in [3.8, 4) is 0 Å². The van der Waals surface area contributed by atoms with E-state index in [0.717, 1.165) is 5.56 Å². The van der Waals surface area contributed by atoms with Gasteiger partial charge in [-0.05, 0) is 64.8 Å².